The number of nitrogens with two attached hydrogens (primary N) is 1. The number of hydrogen-bond donors (Lipinski definition) is 3. The standard InChI is InChI=1S/C6H12N2O4/c1-3(9)4(5(10)11)8(2)6(7)12/h3-4,9H,1-2H3,(H2,7,12)(H,10,11)/t3-,4+/m1/s1. The Morgan fingerprint density at radius 3 is 2.00 bits per heavy atom. The molecule has 0 heterocycles. The fourth-order valence-corrected chi connectivity index (χ4v) is 0.833. The molecule has 4 N–H and O–H groups in total. The Hall–Kier alpha value is -1.30. The van der Waals surface area contributed by atoms with Crippen molar-refractivity contribution in [3.63, 3.8) is 0 Å². The molecule has 2 atom stereocenters. The quantitative estimate of drug-likeness (QED) is 0.504. The van der Waals surface area contributed by atoms with Crippen LogP contribution in [0.25, 0.3) is 0 Å². The van der Waals surface area contributed by atoms with E-state index in [4.69, 9.17) is 15.9 Å². The van der Waals surface area contributed by atoms with Crippen LogP contribution in [0, 0.1) is 0 Å². The van der Waals surface area contributed by atoms with Crippen molar-refractivity contribution in [1.82, 2.24) is 4.90 Å². The SMILES string of the molecule is C[C@@H](O)[C@@H](C(=O)O)N(C)C(N)=O. The summed E-state index contributed by atoms with van der Waals surface area (Å²) in [6.45, 7) is 1.28. The normalized spacial score (nSPS) is 14.9. The lowest BCUT2D eigenvalue weighted by atomic mass is 10.1. The molecule has 0 saturated heterocycles. The van der Waals surface area contributed by atoms with Crippen LogP contribution in [0.3, 0.4) is 0 Å². The molecule has 6 heteroatoms. The van der Waals surface area contributed by atoms with Gasteiger partial charge < -0.3 is 20.8 Å². The van der Waals surface area contributed by atoms with Crippen molar-refractivity contribution in [2.75, 3.05) is 7.05 Å². The molecule has 0 radical (unpaired) electrons. The molecule has 0 aromatic rings. The molecule has 0 unspecified atom stereocenters. The summed E-state index contributed by atoms with van der Waals surface area (Å²) in [5.41, 5.74) is 4.82. The number of carbonyl (C=O) groups is 2. The van der Waals surface area contributed by atoms with Gasteiger partial charge >= 0.3 is 12.0 Å². The number of aliphatic hydroxyl groups excluding tert-OH is 1. The average molecular weight is 176 g/mol. The summed E-state index contributed by atoms with van der Waals surface area (Å²) >= 11 is 0. The fourth-order valence-electron chi connectivity index (χ4n) is 0.833. The number of aliphatic carboxylic acids is 1. The van der Waals surface area contributed by atoms with Gasteiger partial charge in [0.15, 0.2) is 6.04 Å². The van der Waals surface area contributed by atoms with Crippen LogP contribution in [0.2, 0.25) is 0 Å². The number of carboxylic acid groups (broad SMARTS) is 1. The lowest BCUT2D eigenvalue weighted by Gasteiger charge is -2.24. The number of amides is 2. The Labute approximate surface area is 69.6 Å². The smallest absolute Gasteiger partial charge is 0.329 e. The molecule has 6 nitrogen and oxygen atoms in total. The number of nitrogens with zero attached hydrogens (tertiary/aromatic N) is 1. The Bertz CT molecular complexity index is 192. The highest BCUT2D eigenvalue weighted by Gasteiger charge is 2.29. The van der Waals surface area contributed by atoms with Crippen molar-refractivity contribution in [1.29, 1.82) is 0 Å². The predicted octanol–water partition coefficient (Wildman–Crippen LogP) is -1.17. The molecule has 0 bridgehead atoms. The highest BCUT2D eigenvalue weighted by Crippen LogP contribution is 2.01. The molecule has 0 rings (SSSR count). The van der Waals surface area contributed by atoms with Gasteiger partial charge in [-0.25, -0.2) is 9.59 Å². The van der Waals surface area contributed by atoms with Gasteiger partial charge in [-0.2, -0.15) is 0 Å². The molecule has 0 aromatic carbocycles. The van der Waals surface area contributed by atoms with Gasteiger partial charge in [-0.05, 0) is 6.92 Å². The zero-order valence-electron chi connectivity index (χ0n) is 6.89. The zero-order chi connectivity index (χ0) is 9.89. The molecular weight excluding hydrogens is 164 g/mol. The molecular formula is C6H12N2O4. The lowest BCUT2D eigenvalue weighted by Crippen LogP contribution is -2.50. The minimum absolute atomic E-state index is 0.771. The molecule has 70 valence electrons. The van der Waals surface area contributed by atoms with Crippen LogP contribution in [-0.4, -0.2) is 46.3 Å². The van der Waals surface area contributed by atoms with Crippen molar-refractivity contribution < 1.29 is 19.8 Å². The van der Waals surface area contributed by atoms with Gasteiger partial charge in [0.2, 0.25) is 0 Å². The number of primary amides is 1. The summed E-state index contributed by atoms with van der Waals surface area (Å²) in [5, 5.41) is 17.5. The number of aliphatic hydroxyl groups is 1. The third-order valence-corrected chi connectivity index (χ3v) is 1.47. The number of urea groups is 1. The third-order valence-electron chi connectivity index (χ3n) is 1.47. The van der Waals surface area contributed by atoms with Crippen LogP contribution >= 0.6 is 0 Å². The van der Waals surface area contributed by atoms with E-state index < -0.39 is 24.1 Å². The maximum atomic E-state index is 10.5. The number of rotatable bonds is 3. The van der Waals surface area contributed by atoms with Crippen LogP contribution in [0.5, 0.6) is 0 Å². The van der Waals surface area contributed by atoms with Crippen molar-refractivity contribution in [2.45, 2.75) is 19.1 Å². The van der Waals surface area contributed by atoms with Crippen LogP contribution in [0.4, 0.5) is 4.79 Å². The van der Waals surface area contributed by atoms with Crippen LogP contribution in [-0.2, 0) is 4.79 Å². The summed E-state index contributed by atoms with van der Waals surface area (Å²) in [6.07, 6.45) is -1.15. The molecule has 2 amide bonds. The van der Waals surface area contributed by atoms with Gasteiger partial charge in [0.25, 0.3) is 0 Å². The van der Waals surface area contributed by atoms with Gasteiger partial charge in [0.1, 0.15) is 0 Å². The number of carboxylic acids is 1. The fraction of sp³-hybridized carbons (Fsp3) is 0.667. The number of likely N-dealkylation sites (N-methyl/N-ethyl adjacent to an activating group) is 1. The van der Waals surface area contributed by atoms with E-state index in [1.807, 2.05) is 0 Å². The predicted molar refractivity (Wildman–Crippen MR) is 40.5 cm³/mol. The van der Waals surface area contributed by atoms with Gasteiger partial charge in [-0.1, -0.05) is 0 Å². The molecule has 0 aliphatic rings. The molecule has 0 aromatic heterocycles. The molecule has 0 saturated carbocycles. The average Bonchev–Trinajstić information content (AvgIpc) is 1.85. The largest absolute Gasteiger partial charge is 0.480 e. The van der Waals surface area contributed by atoms with Gasteiger partial charge in [0.05, 0.1) is 6.10 Å². The Balaban J connectivity index is 4.51. The number of hydrogen-bond acceptors (Lipinski definition) is 3. The zero-order valence-corrected chi connectivity index (χ0v) is 6.89. The summed E-state index contributed by atoms with van der Waals surface area (Å²) < 4.78 is 0. The minimum Gasteiger partial charge on any atom is -0.480 e. The molecule has 0 aliphatic heterocycles. The Morgan fingerprint density at radius 2 is 1.92 bits per heavy atom. The van der Waals surface area contributed by atoms with E-state index in [0.29, 0.717) is 0 Å². The summed E-state index contributed by atoms with van der Waals surface area (Å²) in [5.74, 6) is -1.29. The first-order valence-electron chi connectivity index (χ1n) is 3.31. The van der Waals surface area contributed by atoms with Gasteiger partial charge in [-0.15, -0.1) is 0 Å². The van der Waals surface area contributed by atoms with E-state index in [-0.39, 0.29) is 0 Å². The second kappa shape index (κ2) is 3.91. The molecule has 0 spiro atoms. The van der Waals surface area contributed by atoms with E-state index in [9.17, 15) is 9.59 Å². The topological polar surface area (TPSA) is 104 Å². The third kappa shape index (κ3) is 2.39. The van der Waals surface area contributed by atoms with Crippen molar-refractivity contribution >= 4 is 12.0 Å². The summed E-state index contributed by atoms with van der Waals surface area (Å²) in [7, 11) is 1.22. The first-order valence-corrected chi connectivity index (χ1v) is 3.31. The molecule has 0 aliphatic carbocycles. The maximum absolute atomic E-state index is 10.5. The monoisotopic (exact) mass is 176 g/mol. The Kier molecular flexibility index (Phi) is 3.49. The van der Waals surface area contributed by atoms with E-state index in [1.165, 1.54) is 14.0 Å². The Morgan fingerprint density at radius 1 is 1.50 bits per heavy atom. The second-order valence-electron chi connectivity index (χ2n) is 2.47. The van der Waals surface area contributed by atoms with E-state index in [0.717, 1.165) is 4.90 Å². The van der Waals surface area contributed by atoms with Crippen molar-refractivity contribution in [3.8, 4) is 0 Å². The summed E-state index contributed by atoms with van der Waals surface area (Å²) in [6, 6.07) is -2.18. The lowest BCUT2D eigenvalue weighted by molar-refractivity contribution is -0.145. The van der Waals surface area contributed by atoms with Crippen molar-refractivity contribution in [2.24, 2.45) is 5.73 Å². The van der Waals surface area contributed by atoms with E-state index in [1.54, 1.807) is 0 Å². The van der Waals surface area contributed by atoms with E-state index in [2.05, 4.69) is 0 Å². The minimum atomic E-state index is -1.29. The van der Waals surface area contributed by atoms with Crippen LogP contribution in [0.1, 0.15) is 6.92 Å². The first kappa shape index (κ1) is 10.7. The highest BCUT2D eigenvalue weighted by molar-refractivity contribution is 5.81. The van der Waals surface area contributed by atoms with Gasteiger partial charge in [-0.3, -0.25) is 0 Å². The van der Waals surface area contributed by atoms with Crippen molar-refractivity contribution in [3.05, 3.63) is 0 Å². The summed E-state index contributed by atoms with van der Waals surface area (Å²) in [4.78, 5) is 21.8. The van der Waals surface area contributed by atoms with Crippen LogP contribution in [0.15, 0.2) is 0 Å². The highest BCUT2D eigenvalue weighted by atomic mass is 16.4. The van der Waals surface area contributed by atoms with Crippen LogP contribution < -0.4 is 5.73 Å². The maximum Gasteiger partial charge on any atom is 0.329 e. The number of carbonyl (C=O) groups excluding carboxylic acids is 1. The van der Waals surface area contributed by atoms with E-state index >= 15 is 0 Å². The van der Waals surface area contributed by atoms with Gasteiger partial charge in [0, 0.05) is 7.05 Å². The second-order valence-corrected chi connectivity index (χ2v) is 2.47. The first-order chi connectivity index (χ1) is 5.37. The molecule has 0 fully saturated rings. The molecule has 12 heavy (non-hydrogen) atoms.